The largest absolute Gasteiger partial charge is 0.384 e. The molecule has 4 nitrogen and oxygen atoms in total. The average molecular weight is 322 g/mol. The molecule has 0 radical (unpaired) electrons. The Balaban J connectivity index is 1.84. The van der Waals surface area contributed by atoms with Crippen LogP contribution in [-0.4, -0.2) is 30.4 Å². The number of amides is 1. The number of hydrogen-bond donors (Lipinski definition) is 1. The molecule has 1 aromatic carbocycles. The molecule has 1 aliphatic rings. The maximum atomic E-state index is 11.8. The van der Waals surface area contributed by atoms with Gasteiger partial charge < -0.3 is 10.2 Å². The van der Waals surface area contributed by atoms with E-state index in [0.29, 0.717) is 18.5 Å². The number of nitriles is 1. The highest BCUT2D eigenvalue weighted by Gasteiger charge is 2.16. The lowest BCUT2D eigenvalue weighted by Crippen LogP contribution is -2.29. The van der Waals surface area contributed by atoms with Crippen molar-refractivity contribution in [2.75, 3.05) is 25.0 Å². The van der Waals surface area contributed by atoms with Crippen molar-refractivity contribution in [3.05, 3.63) is 28.2 Å². The Labute approximate surface area is 121 Å². The zero-order chi connectivity index (χ0) is 13.7. The molecule has 0 aliphatic carbocycles. The van der Waals surface area contributed by atoms with Gasteiger partial charge in [-0.05, 0) is 31.0 Å². The van der Waals surface area contributed by atoms with Gasteiger partial charge in [-0.25, -0.2) is 0 Å². The summed E-state index contributed by atoms with van der Waals surface area (Å²) in [5.74, 6) is 0.209. The topological polar surface area (TPSA) is 56.1 Å². The molecule has 2 rings (SSSR count). The lowest BCUT2D eigenvalue weighted by atomic mass is 10.2. The molecule has 0 unspecified atom stereocenters. The first-order valence-electron chi connectivity index (χ1n) is 6.41. The number of carbonyl (C=O) groups is 1. The first-order chi connectivity index (χ1) is 9.19. The zero-order valence-corrected chi connectivity index (χ0v) is 12.2. The van der Waals surface area contributed by atoms with Crippen molar-refractivity contribution in [3.63, 3.8) is 0 Å². The Kier molecular flexibility index (Phi) is 4.80. The van der Waals surface area contributed by atoms with Gasteiger partial charge in [-0.2, -0.15) is 5.26 Å². The minimum atomic E-state index is 0.209. The highest BCUT2D eigenvalue weighted by atomic mass is 79.9. The fraction of sp³-hybridized carbons (Fsp3) is 0.429. The van der Waals surface area contributed by atoms with E-state index in [-0.39, 0.29) is 5.91 Å². The van der Waals surface area contributed by atoms with Crippen molar-refractivity contribution >= 4 is 27.5 Å². The molecule has 1 N–H and O–H groups in total. The summed E-state index contributed by atoms with van der Waals surface area (Å²) in [5.41, 5.74) is 1.46. The number of hydrogen-bond acceptors (Lipinski definition) is 3. The Bertz CT molecular complexity index is 504. The van der Waals surface area contributed by atoms with Crippen LogP contribution in [0.25, 0.3) is 0 Å². The van der Waals surface area contributed by atoms with Gasteiger partial charge in [0.05, 0.1) is 11.6 Å². The Morgan fingerprint density at radius 2 is 2.11 bits per heavy atom. The van der Waals surface area contributed by atoms with E-state index in [2.05, 4.69) is 27.3 Å². The number of carbonyl (C=O) groups excluding carboxylic acids is 1. The van der Waals surface area contributed by atoms with Crippen LogP contribution in [0, 0.1) is 11.3 Å². The van der Waals surface area contributed by atoms with E-state index in [0.717, 1.165) is 36.1 Å². The summed E-state index contributed by atoms with van der Waals surface area (Å²) in [7, 11) is 0. The van der Waals surface area contributed by atoms with Crippen LogP contribution in [-0.2, 0) is 4.79 Å². The van der Waals surface area contributed by atoms with E-state index in [4.69, 9.17) is 5.26 Å². The first-order valence-corrected chi connectivity index (χ1v) is 7.20. The second-order valence-corrected chi connectivity index (χ2v) is 5.52. The van der Waals surface area contributed by atoms with Crippen molar-refractivity contribution in [2.24, 2.45) is 0 Å². The van der Waals surface area contributed by atoms with Gasteiger partial charge in [-0.15, -0.1) is 0 Å². The number of halogens is 1. The van der Waals surface area contributed by atoms with Crippen LogP contribution < -0.4 is 5.32 Å². The van der Waals surface area contributed by atoms with Crippen molar-refractivity contribution in [2.45, 2.75) is 19.3 Å². The van der Waals surface area contributed by atoms with Crippen molar-refractivity contribution in [1.29, 1.82) is 5.26 Å². The summed E-state index contributed by atoms with van der Waals surface area (Å²) in [6.07, 6.45) is 2.74. The van der Waals surface area contributed by atoms with Crippen LogP contribution in [0.2, 0.25) is 0 Å². The zero-order valence-electron chi connectivity index (χ0n) is 10.7. The lowest BCUT2D eigenvalue weighted by molar-refractivity contribution is -0.129. The number of rotatable bonds is 4. The van der Waals surface area contributed by atoms with Gasteiger partial charge in [0.25, 0.3) is 0 Å². The molecular weight excluding hydrogens is 306 g/mol. The predicted molar refractivity (Wildman–Crippen MR) is 77.8 cm³/mol. The highest BCUT2D eigenvalue weighted by molar-refractivity contribution is 9.10. The smallest absolute Gasteiger partial charge is 0.224 e. The number of likely N-dealkylation sites (tertiary alicyclic amines) is 1. The van der Waals surface area contributed by atoms with E-state index >= 15 is 0 Å². The van der Waals surface area contributed by atoms with E-state index in [1.807, 2.05) is 11.0 Å². The molecule has 100 valence electrons. The van der Waals surface area contributed by atoms with Gasteiger partial charge in [0.1, 0.15) is 0 Å². The molecule has 1 fully saturated rings. The predicted octanol–water partition coefficient (Wildman–Crippen LogP) is 2.75. The second-order valence-electron chi connectivity index (χ2n) is 4.61. The summed E-state index contributed by atoms with van der Waals surface area (Å²) in [5, 5.41) is 12.1. The number of benzene rings is 1. The molecule has 5 heteroatoms. The minimum Gasteiger partial charge on any atom is -0.384 e. The van der Waals surface area contributed by atoms with Gasteiger partial charge in [-0.1, -0.05) is 15.9 Å². The third-order valence-electron chi connectivity index (χ3n) is 3.15. The van der Waals surface area contributed by atoms with Gasteiger partial charge in [0, 0.05) is 36.2 Å². The summed E-state index contributed by atoms with van der Waals surface area (Å²) in [4.78, 5) is 13.8. The normalized spacial score (nSPS) is 14.2. The number of anilines is 1. The third kappa shape index (κ3) is 3.97. The van der Waals surface area contributed by atoms with E-state index in [9.17, 15) is 4.79 Å². The average Bonchev–Trinajstić information content (AvgIpc) is 2.92. The van der Waals surface area contributed by atoms with Gasteiger partial charge >= 0.3 is 0 Å². The first kappa shape index (κ1) is 13.9. The number of nitrogens with one attached hydrogen (secondary N) is 1. The van der Waals surface area contributed by atoms with Crippen LogP contribution in [0.4, 0.5) is 5.69 Å². The summed E-state index contributed by atoms with van der Waals surface area (Å²) < 4.78 is 0.861. The molecule has 0 spiro atoms. The Morgan fingerprint density at radius 3 is 2.79 bits per heavy atom. The molecule has 0 aromatic heterocycles. The second kappa shape index (κ2) is 6.58. The minimum absolute atomic E-state index is 0.209. The van der Waals surface area contributed by atoms with Gasteiger partial charge in [0.2, 0.25) is 5.91 Å². The van der Waals surface area contributed by atoms with Gasteiger partial charge in [-0.3, -0.25) is 4.79 Å². The number of nitrogens with zero attached hydrogens (tertiary/aromatic N) is 2. The monoisotopic (exact) mass is 321 g/mol. The Morgan fingerprint density at radius 1 is 1.37 bits per heavy atom. The summed E-state index contributed by atoms with van der Waals surface area (Å²) >= 11 is 3.36. The standard InChI is InChI=1S/C14H16BrN3O/c15-12-7-11(10-16)8-13(9-12)17-4-3-14(19)18-5-1-2-6-18/h7-9,17H,1-6H2. The van der Waals surface area contributed by atoms with Crippen LogP contribution in [0.5, 0.6) is 0 Å². The molecular formula is C14H16BrN3O. The SMILES string of the molecule is N#Cc1cc(Br)cc(NCCC(=O)N2CCCC2)c1. The van der Waals surface area contributed by atoms with Crippen molar-refractivity contribution < 1.29 is 4.79 Å². The Hall–Kier alpha value is -1.54. The molecule has 0 atom stereocenters. The molecule has 1 saturated heterocycles. The van der Waals surface area contributed by atoms with Crippen molar-refractivity contribution in [1.82, 2.24) is 4.90 Å². The van der Waals surface area contributed by atoms with E-state index in [1.165, 1.54) is 0 Å². The molecule has 19 heavy (non-hydrogen) atoms. The quantitative estimate of drug-likeness (QED) is 0.927. The molecule has 1 aliphatic heterocycles. The van der Waals surface area contributed by atoms with E-state index in [1.54, 1.807) is 12.1 Å². The lowest BCUT2D eigenvalue weighted by Gasteiger charge is -2.15. The van der Waals surface area contributed by atoms with E-state index < -0.39 is 0 Å². The summed E-state index contributed by atoms with van der Waals surface area (Å²) in [6.45, 7) is 2.39. The molecule has 0 bridgehead atoms. The van der Waals surface area contributed by atoms with Crippen LogP contribution in [0.15, 0.2) is 22.7 Å². The fourth-order valence-electron chi connectivity index (χ4n) is 2.19. The maximum Gasteiger partial charge on any atom is 0.224 e. The molecule has 1 amide bonds. The molecule has 1 aromatic rings. The molecule has 0 saturated carbocycles. The van der Waals surface area contributed by atoms with Crippen LogP contribution in [0.3, 0.4) is 0 Å². The summed E-state index contributed by atoms with van der Waals surface area (Å²) in [6, 6.07) is 7.56. The molecule has 1 heterocycles. The fourth-order valence-corrected chi connectivity index (χ4v) is 2.69. The third-order valence-corrected chi connectivity index (χ3v) is 3.61. The van der Waals surface area contributed by atoms with Gasteiger partial charge in [0.15, 0.2) is 0 Å². The maximum absolute atomic E-state index is 11.8. The highest BCUT2D eigenvalue weighted by Crippen LogP contribution is 2.19. The van der Waals surface area contributed by atoms with Crippen LogP contribution in [0.1, 0.15) is 24.8 Å². The van der Waals surface area contributed by atoms with Crippen LogP contribution >= 0.6 is 15.9 Å². The van der Waals surface area contributed by atoms with Crippen molar-refractivity contribution in [3.8, 4) is 6.07 Å².